The number of halogens is 6. The molecule has 318 valence electrons. The lowest BCUT2D eigenvalue weighted by Crippen LogP contribution is -2.45. The highest BCUT2D eigenvalue weighted by molar-refractivity contribution is 5.83. The van der Waals surface area contributed by atoms with Crippen LogP contribution in [0.1, 0.15) is 36.1 Å². The Kier molecular flexibility index (Phi) is 12.5. The molecule has 4 N–H and O–H groups in total. The third kappa shape index (κ3) is 9.89. The lowest BCUT2D eigenvalue weighted by Gasteiger charge is -2.34. The van der Waals surface area contributed by atoms with Crippen molar-refractivity contribution in [3.8, 4) is 22.8 Å². The number of hydrogen-bond donors (Lipinski definition) is 3. The number of anilines is 1. The van der Waals surface area contributed by atoms with Crippen LogP contribution in [0.4, 0.5) is 37.7 Å². The molecule has 2 aliphatic heterocycles. The fraction of sp³-hybridized carbons (Fsp3) is 0.381. The Bertz CT molecular complexity index is 2450. The van der Waals surface area contributed by atoms with Gasteiger partial charge in [0, 0.05) is 94.4 Å². The number of aromatic nitrogens is 4. The van der Waals surface area contributed by atoms with Crippen LogP contribution in [0.15, 0.2) is 72.8 Å². The zero-order valence-electron chi connectivity index (χ0n) is 33.2. The molecule has 0 unspecified atom stereocenters. The molecule has 2 aliphatic rings. The maximum atomic E-state index is 13.8. The van der Waals surface area contributed by atoms with Gasteiger partial charge in [-0.25, -0.2) is 9.97 Å². The number of imidazole rings is 2. The number of H-pyrrole nitrogens is 2. The molecule has 60 heavy (non-hydrogen) atoms. The summed E-state index contributed by atoms with van der Waals surface area (Å²) in [6.07, 6.45) is -8.92. The van der Waals surface area contributed by atoms with Gasteiger partial charge in [0.15, 0.2) is 0 Å². The SMILES string of the molecule is CCN1CCN(Cc2ccc(-c3nc4ccc(N)cc4[nH]3)cc2C(F)(F)F)CC1.CCN1CCN(Cc2ccc(-c3nc4ccc([N+](=O)[O-])cc4[nH]3)cc2C(F)(F)F)CC1. The van der Waals surface area contributed by atoms with Crippen LogP contribution in [-0.4, -0.2) is 110 Å². The van der Waals surface area contributed by atoms with E-state index in [1.54, 1.807) is 36.4 Å². The second-order valence-electron chi connectivity index (χ2n) is 15.1. The second kappa shape index (κ2) is 17.6. The van der Waals surface area contributed by atoms with E-state index in [9.17, 15) is 36.5 Å². The number of non-ortho nitro benzene ring substituents is 1. The number of alkyl halides is 6. The molecule has 18 heteroatoms. The summed E-state index contributed by atoms with van der Waals surface area (Å²) >= 11 is 0. The smallest absolute Gasteiger partial charge is 0.399 e. The highest BCUT2D eigenvalue weighted by atomic mass is 19.4. The normalized spacial score (nSPS) is 16.3. The van der Waals surface area contributed by atoms with Crippen LogP contribution in [0.5, 0.6) is 0 Å². The Labute approximate surface area is 342 Å². The molecule has 4 aromatic carbocycles. The average Bonchev–Trinajstić information content (AvgIpc) is 3.85. The number of nitrogen functional groups attached to an aromatic ring is 1. The molecule has 8 rings (SSSR count). The maximum Gasteiger partial charge on any atom is 0.416 e. The van der Waals surface area contributed by atoms with Crippen molar-refractivity contribution in [3.05, 3.63) is 105 Å². The van der Waals surface area contributed by atoms with Gasteiger partial charge in [0.2, 0.25) is 0 Å². The predicted octanol–water partition coefficient (Wildman–Crippen LogP) is 8.26. The molecule has 0 spiro atoms. The summed E-state index contributed by atoms with van der Waals surface area (Å²) in [5.41, 5.74) is 8.38. The van der Waals surface area contributed by atoms with Crippen molar-refractivity contribution in [2.75, 3.05) is 71.2 Å². The molecule has 2 saturated heterocycles. The third-order valence-corrected chi connectivity index (χ3v) is 11.2. The summed E-state index contributed by atoms with van der Waals surface area (Å²) in [5, 5.41) is 11.0. The fourth-order valence-corrected chi connectivity index (χ4v) is 7.67. The summed E-state index contributed by atoms with van der Waals surface area (Å²) in [6, 6.07) is 18.0. The highest BCUT2D eigenvalue weighted by Crippen LogP contribution is 2.37. The van der Waals surface area contributed by atoms with Crippen LogP contribution in [0.3, 0.4) is 0 Å². The summed E-state index contributed by atoms with van der Waals surface area (Å²) in [6.45, 7) is 13.1. The number of nitro groups is 1. The Morgan fingerprint density at radius 3 is 1.45 bits per heavy atom. The molecule has 0 amide bonds. The van der Waals surface area contributed by atoms with Crippen LogP contribution in [0.25, 0.3) is 44.8 Å². The number of nitrogens with two attached hydrogens (primary N) is 1. The van der Waals surface area contributed by atoms with Crippen LogP contribution in [0, 0.1) is 10.1 Å². The lowest BCUT2D eigenvalue weighted by atomic mass is 10.0. The summed E-state index contributed by atoms with van der Waals surface area (Å²) in [5.74, 6) is 0.642. The van der Waals surface area contributed by atoms with E-state index in [0.717, 1.165) is 71.5 Å². The zero-order chi connectivity index (χ0) is 42.8. The van der Waals surface area contributed by atoms with Gasteiger partial charge in [-0.2, -0.15) is 26.3 Å². The number of aromatic amines is 2. The molecule has 2 fully saturated rings. The first-order valence-corrected chi connectivity index (χ1v) is 19.8. The number of fused-ring (bicyclic) bond motifs is 2. The van der Waals surface area contributed by atoms with Gasteiger partial charge in [-0.1, -0.05) is 38.1 Å². The molecule has 6 aromatic rings. The molecule has 4 heterocycles. The van der Waals surface area contributed by atoms with Crippen molar-refractivity contribution in [2.45, 2.75) is 39.3 Å². The molecule has 0 bridgehead atoms. The Hall–Kier alpha value is -5.56. The highest BCUT2D eigenvalue weighted by Gasteiger charge is 2.36. The molecule has 0 aliphatic carbocycles. The number of hydrogen-bond acceptors (Lipinski definition) is 9. The number of nitro benzene ring substituents is 1. The molecule has 0 saturated carbocycles. The minimum Gasteiger partial charge on any atom is -0.399 e. The maximum absolute atomic E-state index is 13.8. The second-order valence-corrected chi connectivity index (χ2v) is 15.1. The topological polar surface area (TPSA) is 139 Å². The summed E-state index contributed by atoms with van der Waals surface area (Å²) < 4.78 is 82.9. The molecular formula is C42H46F6N10O2. The van der Waals surface area contributed by atoms with Crippen LogP contribution in [0.2, 0.25) is 0 Å². The summed E-state index contributed by atoms with van der Waals surface area (Å²) in [7, 11) is 0. The number of nitrogens with zero attached hydrogens (tertiary/aromatic N) is 7. The quantitative estimate of drug-likeness (QED) is 0.0569. The Balaban J connectivity index is 0.000000182. The number of likely N-dealkylation sites (N-methyl/N-ethyl adjacent to an activating group) is 2. The minimum absolute atomic E-state index is 0.114. The Morgan fingerprint density at radius 2 is 1.03 bits per heavy atom. The first-order chi connectivity index (χ1) is 28.6. The van der Waals surface area contributed by atoms with E-state index in [2.05, 4.69) is 48.5 Å². The van der Waals surface area contributed by atoms with E-state index in [0.29, 0.717) is 51.3 Å². The van der Waals surface area contributed by atoms with Crippen molar-refractivity contribution in [1.29, 1.82) is 0 Å². The zero-order valence-corrected chi connectivity index (χ0v) is 33.2. The van der Waals surface area contributed by atoms with Crippen LogP contribution < -0.4 is 5.73 Å². The monoisotopic (exact) mass is 836 g/mol. The minimum atomic E-state index is -4.50. The van der Waals surface area contributed by atoms with Gasteiger partial charge in [0.25, 0.3) is 5.69 Å². The van der Waals surface area contributed by atoms with E-state index in [1.165, 1.54) is 30.3 Å². The van der Waals surface area contributed by atoms with E-state index in [4.69, 9.17) is 5.73 Å². The molecule has 2 aromatic heterocycles. The molecule has 0 radical (unpaired) electrons. The van der Waals surface area contributed by atoms with Gasteiger partial charge < -0.3 is 25.5 Å². The van der Waals surface area contributed by atoms with Crippen molar-refractivity contribution in [1.82, 2.24) is 39.5 Å². The van der Waals surface area contributed by atoms with Gasteiger partial charge in [-0.05, 0) is 60.6 Å². The largest absolute Gasteiger partial charge is 0.416 e. The Morgan fingerprint density at radius 1 is 0.617 bits per heavy atom. The van der Waals surface area contributed by atoms with E-state index >= 15 is 0 Å². The number of benzene rings is 4. The van der Waals surface area contributed by atoms with Crippen molar-refractivity contribution >= 4 is 33.4 Å². The number of rotatable bonds is 9. The van der Waals surface area contributed by atoms with Gasteiger partial charge in [0.05, 0.1) is 38.1 Å². The van der Waals surface area contributed by atoms with E-state index < -0.39 is 28.4 Å². The number of nitrogens with one attached hydrogen (secondary N) is 2. The van der Waals surface area contributed by atoms with Crippen LogP contribution >= 0.6 is 0 Å². The fourth-order valence-electron chi connectivity index (χ4n) is 7.67. The van der Waals surface area contributed by atoms with Gasteiger partial charge >= 0.3 is 12.4 Å². The van der Waals surface area contributed by atoms with E-state index in [1.807, 2.05) is 4.90 Å². The average molecular weight is 837 g/mol. The van der Waals surface area contributed by atoms with Gasteiger partial charge in [0.1, 0.15) is 11.6 Å². The lowest BCUT2D eigenvalue weighted by molar-refractivity contribution is -0.384. The first kappa shape index (κ1) is 42.6. The summed E-state index contributed by atoms with van der Waals surface area (Å²) in [4.78, 5) is 33.8. The molecule has 0 atom stereocenters. The molecular weight excluding hydrogens is 791 g/mol. The predicted molar refractivity (Wildman–Crippen MR) is 219 cm³/mol. The number of piperazine rings is 2. The van der Waals surface area contributed by atoms with Crippen molar-refractivity contribution in [3.63, 3.8) is 0 Å². The van der Waals surface area contributed by atoms with Crippen molar-refractivity contribution in [2.24, 2.45) is 0 Å². The standard InChI is InChI=1S/C21H22F3N5O2.C21H24F3N5/c1-2-27-7-9-28(10-8-27)13-15-4-3-14(11-17(15)21(22,23)24)20-25-18-6-5-16(29(30)31)12-19(18)26-20;1-2-28-7-9-29(10-8-28)13-15-4-3-14(11-17(15)21(22,23)24)20-26-18-6-5-16(25)12-19(18)27-20/h3-6,11-12H,2,7-10,13H2,1H3,(H,25,26);3-6,11-12H,2,7-10,13,25H2,1H3,(H,26,27). The third-order valence-electron chi connectivity index (χ3n) is 11.2. The first-order valence-electron chi connectivity index (χ1n) is 19.8. The van der Waals surface area contributed by atoms with Crippen molar-refractivity contribution < 1.29 is 31.3 Å². The van der Waals surface area contributed by atoms with Crippen LogP contribution in [-0.2, 0) is 25.4 Å². The van der Waals surface area contributed by atoms with Gasteiger partial charge in [-0.15, -0.1) is 0 Å². The van der Waals surface area contributed by atoms with E-state index in [-0.39, 0.29) is 29.2 Å². The molecule has 12 nitrogen and oxygen atoms in total. The van der Waals surface area contributed by atoms with Gasteiger partial charge in [-0.3, -0.25) is 19.9 Å².